The lowest BCUT2D eigenvalue weighted by Crippen LogP contribution is -2.61. The Kier molecular flexibility index (Phi) is 11.7. The van der Waals surface area contributed by atoms with Gasteiger partial charge in [0.15, 0.2) is 23.5 Å². The lowest BCUT2D eigenvalue weighted by molar-refractivity contribution is -0.721. The molecule has 0 saturated carbocycles. The predicted octanol–water partition coefficient (Wildman–Crippen LogP) is -2.23. The van der Waals surface area contributed by atoms with Crippen molar-refractivity contribution in [3.8, 4) is 40.1 Å². The van der Waals surface area contributed by atoms with Gasteiger partial charge in [0.2, 0.25) is 17.5 Å². The molecule has 0 radical (unpaired) electrons. The van der Waals surface area contributed by atoms with Crippen LogP contribution in [0.25, 0.3) is 22.3 Å². The number of ether oxygens (including phenoxy) is 4. The molecule has 1 aromatic heterocycles. The Hall–Kier alpha value is -6.11. The molecule has 0 amide bonds. The zero-order chi connectivity index (χ0) is 40.5. The summed E-state index contributed by atoms with van der Waals surface area (Å²) in [5.41, 5.74) is -2.68. The van der Waals surface area contributed by atoms with E-state index < -0.39 is 145 Å². The molecule has 0 bridgehead atoms. The Labute approximate surface area is 301 Å². The van der Waals surface area contributed by atoms with E-state index in [2.05, 4.69) is 19.4 Å². The summed E-state index contributed by atoms with van der Waals surface area (Å²) in [6, 6.07) is 3.51. The fraction of sp³-hybridized carbons (Fsp3) is 0.444. The van der Waals surface area contributed by atoms with Crippen LogP contribution in [0.4, 0.5) is 0 Å². The van der Waals surface area contributed by atoms with Gasteiger partial charge in [0.25, 0.3) is 20.3 Å². The van der Waals surface area contributed by atoms with Gasteiger partial charge in [0.05, 0.1) is 18.1 Å². The van der Waals surface area contributed by atoms with Crippen LogP contribution in [0.1, 0.15) is 6.92 Å². The average Bonchev–Trinajstić information content (AvgIpc) is 3.09. The number of benzene rings is 2. The van der Waals surface area contributed by atoms with Gasteiger partial charge in [-0.1, -0.05) is 0 Å². The summed E-state index contributed by atoms with van der Waals surface area (Å²) in [6.45, 7) is 0.549. The van der Waals surface area contributed by atoms with E-state index in [1.165, 1.54) is 6.92 Å². The molecular formula is C27H26N4O24. The minimum Gasteiger partial charge on any atom is -0.454 e. The largest absolute Gasteiger partial charge is 0.454 e. The van der Waals surface area contributed by atoms with E-state index in [9.17, 15) is 75.9 Å². The molecule has 1 unspecified atom stereocenters. The highest BCUT2D eigenvalue weighted by molar-refractivity contribution is 5.88. The molecule has 0 spiro atoms. The van der Waals surface area contributed by atoms with Gasteiger partial charge < -0.3 is 54.0 Å². The summed E-state index contributed by atoms with van der Waals surface area (Å²) >= 11 is 0. The van der Waals surface area contributed by atoms with Crippen molar-refractivity contribution in [1.82, 2.24) is 0 Å². The number of nitrogens with zero attached hydrogens (tertiary/aromatic N) is 4. The molecule has 5 rings (SSSR count). The summed E-state index contributed by atoms with van der Waals surface area (Å²) in [6.07, 6.45) is -18.0. The SMILES string of the molecule is C[C@@H]1O[C@@H](OC[C@H]2O[C@@H](Oc3c(-c4ccc(O[N+](=O)[O-])c(O[N+](=O)[O-])c4)oc4cc(O[N+](=O)[O-])cc(O[N+](=O)[O-])c4c3=O)[C@@H](O)C(O)[C@@H]2O)[C@@H](O)[C@@H](O)[C@H]1O. The third-order valence-corrected chi connectivity index (χ3v) is 7.93. The maximum atomic E-state index is 14.1. The Morgan fingerprint density at radius 3 is 1.89 bits per heavy atom. The van der Waals surface area contributed by atoms with E-state index in [4.69, 9.17) is 23.4 Å². The highest BCUT2D eigenvalue weighted by atomic mass is 17.0. The lowest BCUT2D eigenvalue weighted by atomic mass is 9.98. The Balaban J connectivity index is 1.62. The second-order valence-corrected chi connectivity index (χ2v) is 11.5. The summed E-state index contributed by atoms with van der Waals surface area (Å²) in [5.74, 6) is -5.58. The van der Waals surface area contributed by atoms with Crippen molar-refractivity contribution >= 4 is 11.0 Å². The molecule has 10 atom stereocenters. The van der Waals surface area contributed by atoms with Crippen molar-refractivity contribution in [2.24, 2.45) is 0 Å². The molecule has 2 aliphatic rings. The Bertz CT molecular complexity index is 2030. The molecule has 6 N–H and O–H groups in total. The van der Waals surface area contributed by atoms with E-state index in [0.717, 1.165) is 12.1 Å². The van der Waals surface area contributed by atoms with E-state index >= 15 is 0 Å². The molecular weight excluding hydrogens is 764 g/mol. The quantitative estimate of drug-likeness (QED) is 0.0743. The predicted molar refractivity (Wildman–Crippen MR) is 164 cm³/mol. The fourth-order valence-electron chi connectivity index (χ4n) is 5.40. The summed E-state index contributed by atoms with van der Waals surface area (Å²) in [5, 5.41) is 101. The molecule has 28 heteroatoms. The molecule has 2 aliphatic heterocycles. The van der Waals surface area contributed by atoms with Crippen molar-refractivity contribution in [3.05, 3.63) is 81.0 Å². The van der Waals surface area contributed by atoms with Crippen LogP contribution < -0.4 is 29.5 Å². The number of aliphatic hydroxyl groups excluding tert-OH is 6. The number of aliphatic hydroxyl groups is 6. The van der Waals surface area contributed by atoms with Crippen LogP contribution in [0.5, 0.6) is 28.7 Å². The van der Waals surface area contributed by atoms with Crippen LogP contribution in [0.3, 0.4) is 0 Å². The maximum absolute atomic E-state index is 14.1. The first kappa shape index (κ1) is 40.1. The third kappa shape index (κ3) is 8.66. The summed E-state index contributed by atoms with van der Waals surface area (Å²) < 4.78 is 27.6. The topological polar surface area (TPSA) is 398 Å². The van der Waals surface area contributed by atoms with Crippen molar-refractivity contribution in [1.29, 1.82) is 0 Å². The second-order valence-electron chi connectivity index (χ2n) is 11.5. The first-order valence-corrected chi connectivity index (χ1v) is 15.1. The number of hydrogen-bond acceptors (Lipinski definition) is 24. The Morgan fingerprint density at radius 1 is 0.673 bits per heavy atom. The maximum Gasteiger partial charge on any atom is 0.299 e. The smallest absolute Gasteiger partial charge is 0.299 e. The average molecular weight is 791 g/mol. The van der Waals surface area contributed by atoms with Gasteiger partial charge in [-0.25, -0.2) is 0 Å². The zero-order valence-electron chi connectivity index (χ0n) is 27.2. The van der Waals surface area contributed by atoms with Gasteiger partial charge in [-0.3, -0.25) is 24.1 Å². The molecule has 298 valence electrons. The van der Waals surface area contributed by atoms with E-state index in [1.54, 1.807) is 0 Å². The first-order chi connectivity index (χ1) is 25.9. The molecule has 2 fully saturated rings. The van der Waals surface area contributed by atoms with Crippen LogP contribution in [0.15, 0.2) is 39.5 Å². The highest BCUT2D eigenvalue weighted by Crippen LogP contribution is 2.41. The zero-order valence-corrected chi connectivity index (χ0v) is 27.2. The number of fused-ring (bicyclic) bond motifs is 1. The van der Waals surface area contributed by atoms with E-state index in [-0.39, 0.29) is 0 Å². The lowest BCUT2D eigenvalue weighted by Gasteiger charge is -2.42. The van der Waals surface area contributed by atoms with Crippen molar-refractivity contribution in [2.45, 2.75) is 68.3 Å². The van der Waals surface area contributed by atoms with Gasteiger partial charge in [-0.05, 0) is 31.2 Å². The van der Waals surface area contributed by atoms with Crippen LogP contribution in [-0.2, 0) is 14.2 Å². The van der Waals surface area contributed by atoms with Gasteiger partial charge in [0.1, 0.15) is 59.8 Å². The van der Waals surface area contributed by atoms with Gasteiger partial charge in [0, 0.05) is 11.6 Å². The van der Waals surface area contributed by atoms with Crippen molar-refractivity contribution in [2.75, 3.05) is 6.61 Å². The van der Waals surface area contributed by atoms with Gasteiger partial charge >= 0.3 is 0 Å². The van der Waals surface area contributed by atoms with Crippen LogP contribution >= 0.6 is 0 Å². The van der Waals surface area contributed by atoms with E-state index in [0.29, 0.717) is 18.2 Å². The monoisotopic (exact) mass is 790 g/mol. The molecule has 3 aromatic rings. The van der Waals surface area contributed by atoms with Crippen LogP contribution in [0, 0.1) is 40.5 Å². The van der Waals surface area contributed by atoms with E-state index in [1.807, 2.05) is 0 Å². The number of rotatable bonds is 14. The summed E-state index contributed by atoms with van der Waals surface area (Å²) in [7, 11) is 0. The minimum absolute atomic E-state index is 0.483. The van der Waals surface area contributed by atoms with Crippen molar-refractivity contribution in [3.63, 3.8) is 0 Å². The molecule has 55 heavy (non-hydrogen) atoms. The van der Waals surface area contributed by atoms with Crippen LogP contribution in [0.2, 0.25) is 0 Å². The Morgan fingerprint density at radius 2 is 1.25 bits per heavy atom. The van der Waals surface area contributed by atoms with Gasteiger partial charge in [-0.15, -0.1) is 40.5 Å². The van der Waals surface area contributed by atoms with Crippen LogP contribution in [-0.4, -0.2) is 119 Å². The normalized spacial score (nSPS) is 27.8. The molecule has 0 aliphatic carbocycles. The first-order valence-electron chi connectivity index (χ1n) is 15.1. The molecule has 2 saturated heterocycles. The molecule has 2 aromatic carbocycles. The standard InChI is InChI=1S/C27H26N4O24/c1-8-17(32)20(35)22(37)26(48-8)47-7-15-18(33)21(36)23(38)27(50-15)51-25-19(34)16-13(5-10(52-28(39)40)6-14(16)55-31(45)46)49-24(25)9-2-3-11(53-29(41)42)12(4-9)54-30(43)44/h2-6,8,15,17-18,20-23,26-27,32-33,35-38H,7H2,1H3/t8-,15+,17-,18+,20-,21?,22-,23-,26+,27-/m0/s1. The fourth-order valence-corrected chi connectivity index (χ4v) is 5.40. The number of hydrogen-bond donors (Lipinski definition) is 6. The second kappa shape index (κ2) is 16.1. The highest BCUT2D eigenvalue weighted by Gasteiger charge is 2.48. The van der Waals surface area contributed by atoms with Gasteiger partial charge in [-0.2, -0.15) is 0 Å². The summed E-state index contributed by atoms with van der Waals surface area (Å²) in [4.78, 5) is 76.0. The van der Waals surface area contributed by atoms with Crippen molar-refractivity contribution < 1.29 is 93.7 Å². The molecule has 3 heterocycles. The molecule has 28 nitrogen and oxygen atoms in total. The minimum atomic E-state index is -2.24. The third-order valence-electron chi connectivity index (χ3n) is 7.93.